The molecule has 0 saturated heterocycles. The minimum Gasteiger partial charge on any atom is -0.329 e. The number of likely N-dealkylation sites (N-methyl/N-ethyl adjacent to an activating group) is 1. The molecule has 0 amide bonds. The van der Waals surface area contributed by atoms with Crippen LogP contribution in [-0.2, 0) is 0 Å². The lowest BCUT2D eigenvalue weighted by molar-refractivity contribution is 0.152. The second-order valence-corrected chi connectivity index (χ2v) is 6.22. The summed E-state index contributed by atoms with van der Waals surface area (Å²) in [6.45, 7) is 8.35. The molecule has 2 nitrogen and oxygen atoms in total. The van der Waals surface area contributed by atoms with Crippen molar-refractivity contribution < 1.29 is 0 Å². The zero-order valence-electron chi connectivity index (χ0n) is 11.3. The van der Waals surface area contributed by atoms with E-state index < -0.39 is 0 Å². The van der Waals surface area contributed by atoms with Crippen molar-refractivity contribution in [2.45, 2.75) is 39.3 Å². The van der Waals surface area contributed by atoms with Gasteiger partial charge in [0.25, 0.3) is 0 Å². The first-order valence-electron chi connectivity index (χ1n) is 6.45. The minimum atomic E-state index is 0.286. The number of nitrogens with two attached hydrogens (primary N) is 1. The van der Waals surface area contributed by atoms with E-state index >= 15 is 0 Å². The molecule has 0 heterocycles. The van der Waals surface area contributed by atoms with Gasteiger partial charge in [-0.05, 0) is 69.4 Å². The van der Waals surface area contributed by atoms with Crippen molar-refractivity contribution in [3.05, 3.63) is 32.7 Å². The first-order chi connectivity index (χ1) is 8.54. The first kappa shape index (κ1) is 16.2. The van der Waals surface area contributed by atoms with Gasteiger partial charge in [-0.1, -0.05) is 19.9 Å². The molecule has 0 saturated carbocycles. The summed E-state index contributed by atoms with van der Waals surface area (Å²) in [5.41, 5.74) is 7.27. The number of halogens is 2. The fourth-order valence-electron chi connectivity index (χ4n) is 2.26. The lowest BCUT2D eigenvalue weighted by atomic mass is 10.0. The SMILES string of the molecule is CCC(C)N(CC)C(CN)c1ccc(Br)c(Br)c1. The Labute approximate surface area is 127 Å². The van der Waals surface area contributed by atoms with E-state index in [0.717, 1.165) is 21.9 Å². The Morgan fingerprint density at radius 1 is 1.22 bits per heavy atom. The first-order valence-corrected chi connectivity index (χ1v) is 8.04. The Morgan fingerprint density at radius 2 is 1.89 bits per heavy atom. The van der Waals surface area contributed by atoms with Crippen LogP contribution < -0.4 is 5.73 Å². The summed E-state index contributed by atoms with van der Waals surface area (Å²) in [5.74, 6) is 0. The summed E-state index contributed by atoms with van der Waals surface area (Å²) in [6.07, 6.45) is 1.14. The third-order valence-corrected chi connectivity index (χ3v) is 5.35. The maximum atomic E-state index is 5.99. The summed E-state index contributed by atoms with van der Waals surface area (Å²) in [7, 11) is 0. The van der Waals surface area contributed by atoms with Crippen LogP contribution in [-0.4, -0.2) is 24.0 Å². The summed E-state index contributed by atoms with van der Waals surface area (Å²) < 4.78 is 2.16. The van der Waals surface area contributed by atoms with Crippen LogP contribution in [0.15, 0.2) is 27.1 Å². The predicted molar refractivity (Wildman–Crippen MR) is 85.8 cm³/mol. The van der Waals surface area contributed by atoms with Gasteiger partial charge in [0.15, 0.2) is 0 Å². The molecule has 1 rings (SSSR count). The average molecular weight is 378 g/mol. The highest BCUT2D eigenvalue weighted by Crippen LogP contribution is 2.29. The van der Waals surface area contributed by atoms with Crippen molar-refractivity contribution in [2.24, 2.45) is 5.73 Å². The average Bonchev–Trinajstić information content (AvgIpc) is 2.38. The lowest BCUT2D eigenvalue weighted by Gasteiger charge is -2.35. The zero-order chi connectivity index (χ0) is 13.7. The van der Waals surface area contributed by atoms with E-state index in [9.17, 15) is 0 Å². The molecule has 0 aliphatic carbocycles. The zero-order valence-corrected chi connectivity index (χ0v) is 14.5. The molecule has 4 heteroatoms. The standard InChI is InChI=1S/C14H22Br2N2/c1-4-10(3)18(5-2)14(9-17)11-6-7-12(15)13(16)8-11/h6-8,10,14H,4-5,9,17H2,1-3H3. The number of nitrogens with zero attached hydrogens (tertiary/aromatic N) is 1. The van der Waals surface area contributed by atoms with Crippen LogP contribution in [0, 0.1) is 0 Å². The maximum Gasteiger partial charge on any atom is 0.0473 e. The van der Waals surface area contributed by atoms with Gasteiger partial charge in [0.05, 0.1) is 0 Å². The molecule has 2 N–H and O–H groups in total. The molecule has 0 aliphatic heterocycles. The van der Waals surface area contributed by atoms with Crippen molar-refractivity contribution in [3.8, 4) is 0 Å². The van der Waals surface area contributed by atoms with Gasteiger partial charge in [-0.3, -0.25) is 4.90 Å². The van der Waals surface area contributed by atoms with E-state index in [1.54, 1.807) is 0 Å². The predicted octanol–water partition coefficient (Wildman–Crippen LogP) is 4.33. The van der Waals surface area contributed by atoms with Gasteiger partial charge in [0.1, 0.15) is 0 Å². The molecule has 0 radical (unpaired) electrons. The Hall–Kier alpha value is 0.1000. The Kier molecular flexibility index (Phi) is 6.85. The van der Waals surface area contributed by atoms with Crippen LogP contribution in [0.5, 0.6) is 0 Å². The number of rotatable bonds is 6. The van der Waals surface area contributed by atoms with E-state index in [1.807, 2.05) is 0 Å². The van der Waals surface area contributed by atoms with Gasteiger partial charge in [-0.25, -0.2) is 0 Å². The summed E-state index contributed by atoms with van der Waals surface area (Å²) in [4.78, 5) is 2.47. The van der Waals surface area contributed by atoms with E-state index in [2.05, 4.69) is 75.7 Å². The van der Waals surface area contributed by atoms with Gasteiger partial charge in [0.2, 0.25) is 0 Å². The van der Waals surface area contributed by atoms with E-state index in [4.69, 9.17) is 5.73 Å². The van der Waals surface area contributed by atoms with Crippen molar-refractivity contribution in [1.29, 1.82) is 0 Å². The van der Waals surface area contributed by atoms with Crippen LogP contribution in [0.1, 0.15) is 38.8 Å². The second kappa shape index (κ2) is 7.63. The van der Waals surface area contributed by atoms with Gasteiger partial charge in [0, 0.05) is 27.6 Å². The van der Waals surface area contributed by atoms with Gasteiger partial charge < -0.3 is 5.73 Å². The van der Waals surface area contributed by atoms with Crippen LogP contribution in [0.25, 0.3) is 0 Å². The molecule has 0 fully saturated rings. The molecule has 0 spiro atoms. The Morgan fingerprint density at radius 3 is 2.33 bits per heavy atom. The molecule has 18 heavy (non-hydrogen) atoms. The number of hydrogen-bond donors (Lipinski definition) is 1. The maximum absolute atomic E-state index is 5.99. The van der Waals surface area contributed by atoms with Gasteiger partial charge >= 0.3 is 0 Å². The molecule has 2 unspecified atom stereocenters. The second-order valence-electron chi connectivity index (χ2n) is 4.51. The fourth-order valence-corrected chi connectivity index (χ4v) is 2.90. The minimum absolute atomic E-state index is 0.286. The fraction of sp³-hybridized carbons (Fsp3) is 0.571. The van der Waals surface area contributed by atoms with Crippen LogP contribution in [0.3, 0.4) is 0 Å². The van der Waals surface area contributed by atoms with Crippen LogP contribution in [0.4, 0.5) is 0 Å². The normalized spacial score (nSPS) is 14.8. The molecule has 1 aromatic rings. The highest BCUT2D eigenvalue weighted by Gasteiger charge is 2.21. The van der Waals surface area contributed by atoms with Crippen LogP contribution >= 0.6 is 31.9 Å². The van der Waals surface area contributed by atoms with Crippen molar-refractivity contribution in [2.75, 3.05) is 13.1 Å². The van der Waals surface area contributed by atoms with Crippen molar-refractivity contribution in [3.63, 3.8) is 0 Å². The van der Waals surface area contributed by atoms with E-state index in [-0.39, 0.29) is 6.04 Å². The Balaban J connectivity index is 3.03. The third kappa shape index (κ3) is 3.80. The quantitative estimate of drug-likeness (QED) is 0.799. The largest absolute Gasteiger partial charge is 0.329 e. The molecule has 102 valence electrons. The molecule has 0 aliphatic rings. The topological polar surface area (TPSA) is 29.3 Å². The van der Waals surface area contributed by atoms with E-state index in [1.165, 1.54) is 5.56 Å². The lowest BCUT2D eigenvalue weighted by Crippen LogP contribution is -2.39. The number of benzene rings is 1. The van der Waals surface area contributed by atoms with E-state index in [0.29, 0.717) is 12.6 Å². The molecule has 2 atom stereocenters. The highest BCUT2D eigenvalue weighted by atomic mass is 79.9. The molecule has 1 aromatic carbocycles. The van der Waals surface area contributed by atoms with Crippen molar-refractivity contribution >= 4 is 31.9 Å². The molecular formula is C14H22Br2N2. The summed E-state index contributed by atoms with van der Waals surface area (Å²) >= 11 is 7.07. The third-order valence-electron chi connectivity index (χ3n) is 3.47. The van der Waals surface area contributed by atoms with Crippen molar-refractivity contribution in [1.82, 2.24) is 4.90 Å². The monoisotopic (exact) mass is 376 g/mol. The molecule has 0 bridgehead atoms. The Bertz CT molecular complexity index is 382. The molecular weight excluding hydrogens is 356 g/mol. The summed E-state index contributed by atoms with van der Waals surface area (Å²) in [5, 5.41) is 0. The van der Waals surface area contributed by atoms with Gasteiger partial charge in [-0.15, -0.1) is 0 Å². The smallest absolute Gasteiger partial charge is 0.0473 e. The number of hydrogen-bond acceptors (Lipinski definition) is 2. The molecule has 0 aromatic heterocycles. The van der Waals surface area contributed by atoms with Gasteiger partial charge in [-0.2, -0.15) is 0 Å². The van der Waals surface area contributed by atoms with Crippen LogP contribution in [0.2, 0.25) is 0 Å². The summed E-state index contributed by atoms with van der Waals surface area (Å²) in [6, 6.07) is 7.22. The highest BCUT2D eigenvalue weighted by molar-refractivity contribution is 9.13.